The first-order chi connectivity index (χ1) is 10.3. The maximum atomic E-state index is 5.48. The molecule has 0 fully saturated rings. The zero-order valence-electron chi connectivity index (χ0n) is 13.0. The van der Waals surface area contributed by atoms with Crippen LogP contribution < -0.4 is 10.1 Å². The largest absolute Gasteiger partial charge is 0.494 e. The number of anilines is 1. The van der Waals surface area contributed by atoms with Gasteiger partial charge in [0.15, 0.2) is 0 Å². The van der Waals surface area contributed by atoms with Gasteiger partial charge < -0.3 is 10.1 Å². The molecule has 0 aliphatic carbocycles. The van der Waals surface area contributed by atoms with E-state index in [0.29, 0.717) is 6.61 Å². The maximum Gasteiger partial charge on any atom is 0.131 e. The standard InChI is InChI=1S/C17H23N3O/c1-4-7-16-19-15(12-17(20-16)18-5-2)13-8-10-14(11-9-13)21-6-3/h8-12H,4-7H2,1-3H3,(H,18,19,20). The number of aryl methyl sites for hydroxylation is 1. The van der Waals surface area contributed by atoms with Crippen molar-refractivity contribution in [2.45, 2.75) is 33.6 Å². The van der Waals surface area contributed by atoms with Crippen molar-refractivity contribution >= 4 is 5.82 Å². The average molecular weight is 285 g/mol. The predicted octanol–water partition coefficient (Wildman–Crippen LogP) is 3.93. The smallest absolute Gasteiger partial charge is 0.131 e. The van der Waals surface area contributed by atoms with Gasteiger partial charge in [0.05, 0.1) is 12.3 Å². The Labute approximate surface area is 126 Å². The summed E-state index contributed by atoms with van der Waals surface area (Å²) in [4.78, 5) is 9.20. The molecule has 21 heavy (non-hydrogen) atoms. The van der Waals surface area contributed by atoms with Crippen molar-refractivity contribution in [3.05, 3.63) is 36.2 Å². The minimum atomic E-state index is 0.679. The molecule has 1 heterocycles. The van der Waals surface area contributed by atoms with Gasteiger partial charge in [-0.3, -0.25) is 0 Å². The van der Waals surface area contributed by atoms with E-state index in [-0.39, 0.29) is 0 Å². The van der Waals surface area contributed by atoms with Crippen LogP contribution in [0.4, 0.5) is 5.82 Å². The van der Waals surface area contributed by atoms with Gasteiger partial charge in [0, 0.05) is 24.6 Å². The highest BCUT2D eigenvalue weighted by atomic mass is 16.5. The molecule has 0 aliphatic heterocycles. The second-order valence-electron chi connectivity index (χ2n) is 4.79. The molecule has 0 amide bonds. The normalized spacial score (nSPS) is 10.4. The van der Waals surface area contributed by atoms with E-state index in [1.165, 1.54) is 0 Å². The lowest BCUT2D eigenvalue weighted by Crippen LogP contribution is -2.04. The number of nitrogens with one attached hydrogen (secondary N) is 1. The Kier molecular flexibility index (Phi) is 5.55. The Hall–Kier alpha value is -2.10. The van der Waals surface area contributed by atoms with Crippen molar-refractivity contribution in [3.8, 4) is 17.0 Å². The van der Waals surface area contributed by atoms with E-state index in [2.05, 4.69) is 29.1 Å². The van der Waals surface area contributed by atoms with Crippen molar-refractivity contribution in [3.63, 3.8) is 0 Å². The van der Waals surface area contributed by atoms with Crippen LogP contribution in [0.25, 0.3) is 11.3 Å². The summed E-state index contributed by atoms with van der Waals surface area (Å²) in [6.07, 6.45) is 1.93. The SMILES string of the molecule is CCCc1nc(NCC)cc(-c2ccc(OCC)cc2)n1. The summed E-state index contributed by atoms with van der Waals surface area (Å²) in [6.45, 7) is 7.72. The molecule has 4 heteroatoms. The van der Waals surface area contributed by atoms with Crippen LogP contribution >= 0.6 is 0 Å². The molecular formula is C17H23N3O. The average Bonchev–Trinajstić information content (AvgIpc) is 2.49. The summed E-state index contributed by atoms with van der Waals surface area (Å²) < 4.78 is 5.48. The van der Waals surface area contributed by atoms with E-state index >= 15 is 0 Å². The summed E-state index contributed by atoms with van der Waals surface area (Å²) in [6, 6.07) is 10.0. The Bertz CT molecular complexity index is 542. The Morgan fingerprint density at radius 3 is 2.43 bits per heavy atom. The summed E-state index contributed by atoms with van der Waals surface area (Å²) in [5.41, 5.74) is 2.03. The number of hydrogen-bond donors (Lipinski definition) is 1. The number of aromatic nitrogens is 2. The third kappa shape index (κ3) is 4.18. The predicted molar refractivity (Wildman–Crippen MR) is 86.8 cm³/mol. The third-order valence-corrected chi connectivity index (χ3v) is 3.07. The maximum absolute atomic E-state index is 5.48. The molecule has 1 aromatic carbocycles. The molecule has 0 unspecified atom stereocenters. The van der Waals surface area contributed by atoms with Crippen molar-refractivity contribution < 1.29 is 4.74 Å². The second kappa shape index (κ2) is 7.62. The van der Waals surface area contributed by atoms with Gasteiger partial charge in [-0.1, -0.05) is 6.92 Å². The van der Waals surface area contributed by atoms with Gasteiger partial charge in [0.25, 0.3) is 0 Å². The number of rotatable bonds is 7. The molecule has 2 aromatic rings. The van der Waals surface area contributed by atoms with Gasteiger partial charge in [0.2, 0.25) is 0 Å². The van der Waals surface area contributed by atoms with Crippen molar-refractivity contribution in [1.29, 1.82) is 0 Å². The molecule has 0 aliphatic rings. The van der Waals surface area contributed by atoms with Crippen LogP contribution in [0.3, 0.4) is 0 Å². The van der Waals surface area contributed by atoms with E-state index < -0.39 is 0 Å². The molecule has 1 N–H and O–H groups in total. The van der Waals surface area contributed by atoms with Crippen LogP contribution in [-0.4, -0.2) is 23.1 Å². The first kappa shape index (κ1) is 15.3. The molecular weight excluding hydrogens is 262 g/mol. The van der Waals surface area contributed by atoms with Gasteiger partial charge in [-0.05, 0) is 44.5 Å². The summed E-state index contributed by atoms with van der Waals surface area (Å²) >= 11 is 0. The van der Waals surface area contributed by atoms with E-state index in [9.17, 15) is 0 Å². The number of hydrogen-bond acceptors (Lipinski definition) is 4. The van der Waals surface area contributed by atoms with E-state index in [1.54, 1.807) is 0 Å². The summed E-state index contributed by atoms with van der Waals surface area (Å²) in [7, 11) is 0. The van der Waals surface area contributed by atoms with E-state index in [4.69, 9.17) is 4.74 Å². The third-order valence-electron chi connectivity index (χ3n) is 3.07. The highest BCUT2D eigenvalue weighted by molar-refractivity contribution is 5.63. The zero-order valence-corrected chi connectivity index (χ0v) is 13.0. The molecule has 0 radical (unpaired) electrons. The van der Waals surface area contributed by atoms with Gasteiger partial charge in [-0.15, -0.1) is 0 Å². The molecule has 2 rings (SSSR count). The lowest BCUT2D eigenvalue weighted by Gasteiger charge is -2.09. The van der Waals surface area contributed by atoms with Crippen LogP contribution in [0.1, 0.15) is 33.0 Å². The fourth-order valence-electron chi connectivity index (χ4n) is 2.14. The monoisotopic (exact) mass is 285 g/mol. The Morgan fingerprint density at radius 1 is 1.05 bits per heavy atom. The quantitative estimate of drug-likeness (QED) is 0.837. The van der Waals surface area contributed by atoms with Crippen molar-refractivity contribution in [2.24, 2.45) is 0 Å². The number of ether oxygens (including phenoxy) is 1. The minimum Gasteiger partial charge on any atom is -0.494 e. The Balaban J connectivity index is 2.32. The Morgan fingerprint density at radius 2 is 1.81 bits per heavy atom. The molecule has 112 valence electrons. The van der Waals surface area contributed by atoms with Crippen LogP contribution in [0.5, 0.6) is 5.75 Å². The lowest BCUT2D eigenvalue weighted by molar-refractivity contribution is 0.340. The second-order valence-corrected chi connectivity index (χ2v) is 4.79. The van der Waals surface area contributed by atoms with Crippen molar-refractivity contribution in [2.75, 3.05) is 18.5 Å². The zero-order chi connectivity index (χ0) is 15.1. The lowest BCUT2D eigenvalue weighted by atomic mass is 10.1. The first-order valence-electron chi connectivity index (χ1n) is 7.61. The highest BCUT2D eigenvalue weighted by Crippen LogP contribution is 2.23. The van der Waals surface area contributed by atoms with Gasteiger partial charge >= 0.3 is 0 Å². The molecule has 1 aromatic heterocycles. The topological polar surface area (TPSA) is 47.0 Å². The van der Waals surface area contributed by atoms with E-state index in [0.717, 1.165) is 48.0 Å². The van der Waals surface area contributed by atoms with Crippen molar-refractivity contribution in [1.82, 2.24) is 9.97 Å². The van der Waals surface area contributed by atoms with Crippen LogP contribution in [-0.2, 0) is 6.42 Å². The van der Waals surface area contributed by atoms with Crippen LogP contribution in [0.2, 0.25) is 0 Å². The van der Waals surface area contributed by atoms with Gasteiger partial charge in [0.1, 0.15) is 17.4 Å². The number of benzene rings is 1. The first-order valence-corrected chi connectivity index (χ1v) is 7.61. The van der Waals surface area contributed by atoms with E-state index in [1.807, 2.05) is 37.3 Å². The highest BCUT2D eigenvalue weighted by Gasteiger charge is 2.06. The summed E-state index contributed by atoms with van der Waals surface area (Å²) in [5, 5.41) is 3.27. The molecule has 0 saturated heterocycles. The minimum absolute atomic E-state index is 0.679. The molecule has 4 nitrogen and oxygen atoms in total. The fraction of sp³-hybridized carbons (Fsp3) is 0.412. The van der Waals surface area contributed by atoms with Crippen LogP contribution in [0.15, 0.2) is 30.3 Å². The fourth-order valence-corrected chi connectivity index (χ4v) is 2.14. The molecule has 0 saturated carbocycles. The number of nitrogens with zero attached hydrogens (tertiary/aromatic N) is 2. The van der Waals surface area contributed by atoms with Gasteiger partial charge in [-0.25, -0.2) is 9.97 Å². The molecule has 0 atom stereocenters. The summed E-state index contributed by atoms with van der Waals surface area (Å²) in [5.74, 6) is 2.66. The molecule has 0 spiro atoms. The van der Waals surface area contributed by atoms with Crippen LogP contribution in [0, 0.1) is 0 Å². The van der Waals surface area contributed by atoms with Gasteiger partial charge in [-0.2, -0.15) is 0 Å². The molecule has 0 bridgehead atoms.